The summed E-state index contributed by atoms with van der Waals surface area (Å²) in [4.78, 5) is 34.5. The lowest BCUT2D eigenvalue weighted by molar-refractivity contribution is -0.145. The van der Waals surface area contributed by atoms with Crippen LogP contribution < -0.4 is 11.1 Å². The van der Waals surface area contributed by atoms with Gasteiger partial charge in [0.1, 0.15) is 6.04 Å². The summed E-state index contributed by atoms with van der Waals surface area (Å²) in [5.74, 6) is -2.35. The standard InChI is InChI=1S/C14H18N2O5/c1-2-21-11(17)8-10(13(15)19)16-14(20)12(18)9-6-4-3-5-7-9/h3-7,10,12,18H,2,8H2,1H3,(H2,15,19)(H,16,20)/t10-,12-/m0/s1. The summed E-state index contributed by atoms with van der Waals surface area (Å²) in [6.07, 6.45) is -1.83. The molecular formula is C14H18N2O5. The van der Waals surface area contributed by atoms with Crippen LogP contribution in [-0.4, -0.2) is 35.5 Å². The van der Waals surface area contributed by atoms with Crippen molar-refractivity contribution in [3.63, 3.8) is 0 Å². The van der Waals surface area contributed by atoms with Gasteiger partial charge >= 0.3 is 5.97 Å². The lowest BCUT2D eigenvalue weighted by atomic mass is 10.1. The summed E-state index contributed by atoms with van der Waals surface area (Å²) in [6, 6.07) is 6.96. The maximum atomic E-state index is 11.9. The van der Waals surface area contributed by atoms with Gasteiger partial charge in [-0.15, -0.1) is 0 Å². The molecule has 0 aliphatic heterocycles. The first kappa shape index (κ1) is 16.6. The number of aliphatic hydroxyl groups excluding tert-OH is 1. The van der Waals surface area contributed by atoms with Crippen LogP contribution in [-0.2, 0) is 19.1 Å². The second-order valence-electron chi connectivity index (χ2n) is 4.29. The lowest BCUT2D eigenvalue weighted by Crippen LogP contribution is -2.47. The molecule has 21 heavy (non-hydrogen) atoms. The van der Waals surface area contributed by atoms with E-state index in [1.807, 2.05) is 0 Å². The second kappa shape index (κ2) is 8.01. The van der Waals surface area contributed by atoms with Crippen LogP contribution in [0.2, 0.25) is 0 Å². The van der Waals surface area contributed by atoms with Crippen molar-refractivity contribution in [2.45, 2.75) is 25.5 Å². The number of benzene rings is 1. The normalized spacial score (nSPS) is 13.0. The van der Waals surface area contributed by atoms with Gasteiger partial charge in [-0.2, -0.15) is 0 Å². The minimum Gasteiger partial charge on any atom is -0.466 e. The molecule has 0 heterocycles. The molecule has 0 aliphatic rings. The van der Waals surface area contributed by atoms with Gasteiger partial charge < -0.3 is 20.9 Å². The first-order valence-electron chi connectivity index (χ1n) is 6.44. The van der Waals surface area contributed by atoms with E-state index >= 15 is 0 Å². The summed E-state index contributed by atoms with van der Waals surface area (Å²) in [7, 11) is 0. The maximum absolute atomic E-state index is 11.9. The SMILES string of the molecule is CCOC(=O)C[C@H](NC(=O)[C@@H](O)c1ccccc1)C(N)=O. The minimum absolute atomic E-state index is 0.158. The molecule has 0 aliphatic carbocycles. The van der Waals surface area contributed by atoms with E-state index in [1.165, 1.54) is 0 Å². The summed E-state index contributed by atoms with van der Waals surface area (Å²) in [6.45, 7) is 1.78. The Kier molecular flexibility index (Phi) is 6.35. The molecule has 0 bridgehead atoms. The van der Waals surface area contributed by atoms with Crippen molar-refractivity contribution in [2.75, 3.05) is 6.61 Å². The van der Waals surface area contributed by atoms with Crippen molar-refractivity contribution in [1.29, 1.82) is 0 Å². The van der Waals surface area contributed by atoms with Gasteiger partial charge in [0.25, 0.3) is 5.91 Å². The molecule has 0 aromatic heterocycles. The Morgan fingerprint density at radius 2 is 1.90 bits per heavy atom. The average molecular weight is 294 g/mol. The third kappa shape index (κ3) is 5.23. The number of primary amides is 1. The van der Waals surface area contributed by atoms with E-state index in [0.717, 1.165) is 0 Å². The van der Waals surface area contributed by atoms with Crippen LogP contribution in [0.15, 0.2) is 30.3 Å². The summed E-state index contributed by atoms with van der Waals surface area (Å²) in [5.41, 5.74) is 5.49. The van der Waals surface area contributed by atoms with Crippen molar-refractivity contribution < 1.29 is 24.2 Å². The van der Waals surface area contributed by atoms with E-state index in [1.54, 1.807) is 37.3 Å². The topological polar surface area (TPSA) is 119 Å². The van der Waals surface area contributed by atoms with E-state index < -0.39 is 29.9 Å². The molecule has 114 valence electrons. The zero-order chi connectivity index (χ0) is 15.8. The maximum Gasteiger partial charge on any atom is 0.308 e. The molecule has 0 radical (unpaired) electrons. The number of amides is 2. The number of carbonyl (C=O) groups is 3. The molecule has 0 saturated carbocycles. The molecule has 7 heteroatoms. The van der Waals surface area contributed by atoms with Gasteiger partial charge in [-0.1, -0.05) is 30.3 Å². The van der Waals surface area contributed by atoms with Crippen molar-refractivity contribution in [2.24, 2.45) is 5.73 Å². The monoisotopic (exact) mass is 294 g/mol. The van der Waals surface area contributed by atoms with Crippen LogP contribution in [0.1, 0.15) is 25.0 Å². The quantitative estimate of drug-likeness (QED) is 0.594. The molecule has 7 nitrogen and oxygen atoms in total. The number of rotatable bonds is 7. The number of hydrogen-bond acceptors (Lipinski definition) is 5. The van der Waals surface area contributed by atoms with Crippen molar-refractivity contribution in [3.8, 4) is 0 Å². The zero-order valence-corrected chi connectivity index (χ0v) is 11.6. The molecule has 0 spiro atoms. The first-order chi connectivity index (χ1) is 9.95. The van der Waals surface area contributed by atoms with E-state index in [-0.39, 0.29) is 13.0 Å². The Labute approximate surface area is 122 Å². The van der Waals surface area contributed by atoms with Crippen LogP contribution in [0.4, 0.5) is 0 Å². The van der Waals surface area contributed by atoms with Crippen molar-refractivity contribution >= 4 is 17.8 Å². The molecule has 0 saturated heterocycles. The van der Waals surface area contributed by atoms with Crippen LogP contribution in [0.3, 0.4) is 0 Å². The highest BCUT2D eigenvalue weighted by molar-refractivity contribution is 5.91. The Bertz CT molecular complexity index is 503. The van der Waals surface area contributed by atoms with Crippen molar-refractivity contribution in [3.05, 3.63) is 35.9 Å². The lowest BCUT2D eigenvalue weighted by Gasteiger charge is -2.17. The number of aliphatic hydroxyl groups is 1. The number of nitrogens with one attached hydrogen (secondary N) is 1. The van der Waals surface area contributed by atoms with Crippen LogP contribution in [0.25, 0.3) is 0 Å². The molecule has 2 atom stereocenters. The van der Waals surface area contributed by atoms with Gasteiger partial charge in [0, 0.05) is 0 Å². The highest BCUT2D eigenvalue weighted by Gasteiger charge is 2.26. The summed E-state index contributed by atoms with van der Waals surface area (Å²) < 4.78 is 4.69. The molecule has 0 fully saturated rings. The second-order valence-corrected chi connectivity index (χ2v) is 4.29. The Balaban J connectivity index is 2.68. The fraction of sp³-hybridized carbons (Fsp3) is 0.357. The molecule has 1 aromatic rings. The predicted octanol–water partition coefficient (Wildman–Crippen LogP) is -0.357. The van der Waals surface area contributed by atoms with Crippen LogP contribution >= 0.6 is 0 Å². The highest BCUT2D eigenvalue weighted by Crippen LogP contribution is 2.12. The Morgan fingerprint density at radius 1 is 1.29 bits per heavy atom. The fourth-order valence-electron chi connectivity index (χ4n) is 1.65. The third-order valence-corrected chi connectivity index (χ3v) is 2.70. The number of nitrogens with two attached hydrogens (primary N) is 1. The van der Waals surface area contributed by atoms with Gasteiger partial charge in [-0.05, 0) is 12.5 Å². The smallest absolute Gasteiger partial charge is 0.308 e. The van der Waals surface area contributed by atoms with E-state index in [2.05, 4.69) is 10.1 Å². The van der Waals surface area contributed by atoms with Gasteiger partial charge in [0.15, 0.2) is 6.10 Å². The van der Waals surface area contributed by atoms with E-state index in [4.69, 9.17) is 5.73 Å². The molecular weight excluding hydrogens is 276 g/mol. The predicted molar refractivity (Wildman–Crippen MR) is 73.8 cm³/mol. The molecule has 1 rings (SSSR count). The highest BCUT2D eigenvalue weighted by atomic mass is 16.5. The van der Waals surface area contributed by atoms with Crippen LogP contribution in [0.5, 0.6) is 0 Å². The van der Waals surface area contributed by atoms with Gasteiger partial charge in [-0.25, -0.2) is 0 Å². The van der Waals surface area contributed by atoms with Crippen LogP contribution in [0, 0.1) is 0 Å². The van der Waals surface area contributed by atoms with Gasteiger partial charge in [0.2, 0.25) is 5.91 Å². The number of esters is 1. The van der Waals surface area contributed by atoms with Gasteiger partial charge in [0.05, 0.1) is 13.0 Å². The first-order valence-corrected chi connectivity index (χ1v) is 6.44. The molecule has 4 N–H and O–H groups in total. The van der Waals surface area contributed by atoms with Crippen molar-refractivity contribution in [1.82, 2.24) is 5.32 Å². The Hall–Kier alpha value is -2.41. The van der Waals surface area contributed by atoms with E-state index in [9.17, 15) is 19.5 Å². The zero-order valence-electron chi connectivity index (χ0n) is 11.6. The summed E-state index contributed by atoms with van der Waals surface area (Å²) in [5, 5.41) is 12.1. The number of hydrogen-bond donors (Lipinski definition) is 3. The minimum atomic E-state index is -1.45. The fourth-order valence-corrected chi connectivity index (χ4v) is 1.65. The number of carbonyl (C=O) groups excluding carboxylic acids is 3. The van der Waals surface area contributed by atoms with E-state index in [0.29, 0.717) is 5.56 Å². The summed E-state index contributed by atoms with van der Waals surface area (Å²) >= 11 is 0. The third-order valence-electron chi connectivity index (χ3n) is 2.70. The average Bonchev–Trinajstić information content (AvgIpc) is 2.46. The Morgan fingerprint density at radius 3 is 2.43 bits per heavy atom. The largest absolute Gasteiger partial charge is 0.466 e. The molecule has 1 aromatic carbocycles. The molecule has 2 amide bonds. The molecule has 0 unspecified atom stereocenters. The van der Waals surface area contributed by atoms with Gasteiger partial charge in [-0.3, -0.25) is 14.4 Å². The number of ether oxygens (including phenoxy) is 1.